The molecule has 0 amide bonds. The van der Waals surface area contributed by atoms with Gasteiger partial charge in [-0.05, 0) is 38.0 Å². The van der Waals surface area contributed by atoms with Gasteiger partial charge in [0.2, 0.25) is 5.88 Å². The molecule has 2 aliphatic rings. The molecule has 0 aliphatic carbocycles. The van der Waals surface area contributed by atoms with Gasteiger partial charge in [-0.1, -0.05) is 6.07 Å². The molecule has 2 fully saturated rings. The van der Waals surface area contributed by atoms with E-state index in [4.69, 9.17) is 4.74 Å². The Morgan fingerprint density at radius 1 is 1.28 bits per heavy atom. The Labute approximate surface area is 183 Å². The van der Waals surface area contributed by atoms with Crippen molar-refractivity contribution < 1.29 is 14.2 Å². The maximum absolute atomic E-state index is 14.9. The molecule has 166 valence electrons. The van der Waals surface area contributed by atoms with Crippen LogP contribution in [0.5, 0.6) is 11.6 Å². The number of alkyl halides is 1. The predicted molar refractivity (Wildman–Crippen MR) is 114 cm³/mol. The van der Waals surface area contributed by atoms with Crippen molar-refractivity contribution in [3.05, 3.63) is 47.1 Å². The average molecular weight is 438 g/mol. The highest BCUT2D eigenvalue weighted by molar-refractivity contribution is 5.71. The first-order chi connectivity index (χ1) is 15.3. The largest absolute Gasteiger partial charge is 0.507 e. The zero-order valence-electron chi connectivity index (χ0n) is 17.7. The number of halogens is 1. The number of phenols is 1. The van der Waals surface area contributed by atoms with Crippen molar-refractivity contribution in [1.29, 1.82) is 0 Å². The van der Waals surface area contributed by atoms with Crippen LogP contribution in [0.4, 0.5) is 4.39 Å². The molecule has 0 saturated carbocycles. The molecule has 10 heteroatoms. The lowest BCUT2D eigenvalue weighted by Crippen LogP contribution is -2.59. The number of nitrogens with one attached hydrogen (secondary N) is 1. The van der Waals surface area contributed by atoms with Gasteiger partial charge in [0.1, 0.15) is 18.2 Å². The second kappa shape index (κ2) is 7.63. The maximum atomic E-state index is 14.9. The van der Waals surface area contributed by atoms with Crippen LogP contribution in [-0.4, -0.2) is 53.7 Å². The highest BCUT2D eigenvalue weighted by atomic mass is 19.1. The van der Waals surface area contributed by atoms with Crippen LogP contribution in [0, 0.1) is 0 Å². The highest BCUT2D eigenvalue weighted by Crippen LogP contribution is 2.39. The van der Waals surface area contributed by atoms with E-state index >= 15 is 0 Å². The van der Waals surface area contributed by atoms with Gasteiger partial charge in [0.25, 0.3) is 0 Å². The van der Waals surface area contributed by atoms with Gasteiger partial charge in [0.15, 0.2) is 12.0 Å². The smallest absolute Gasteiger partial charge is 0.350 e. The molecule has 2 aromatic heterocycles. The molecule has 1 aromatic carbocycles. The van der Waals surface area contributed by atoms with Crippen molar-refractivity contribution in [2.45, 2.75) is 50.0 Å². The van der Waals surface area contributed by atoms with Crippen LogP contribution >= 0.6 is 0 Å². The molecule has 9 nitrogen and oxygen atoms in total. The van der Waals surface area contributed by atoms with Crippen LogP contribution in [0.25, 0.3) is 22.6 Å². The summed E-state index contributed by atoms with van der Waals surface area (Å²) in [5.74, 6) is 0.410. The van der Waals surface area contributed by atoms with Crippen molar-refractivity contribution in [2.24, 2.45) is 7.05 Å². The Kier molecular flexibility index (Phi) is 4.89. The summed E-state index contributed by atoms with van der Waals surface area (Å²) in [6, 6.07) is 8.35. The normalized spacial score (nSPS) is 26.8. The minimum absolute atomic E-state index is 0.0542. The van der Waals surface area contributed by atoms with E-state index in [9.17, 15) is 14.3 Å². The Balaban J connectivity index is 1.34. The van der Waals surface area contributed by atoms with E-state index in [-0.39, 0.29) is 23.5 Å². The summed E-state index contributed by atoms with van der Waals surface area (Å²) in [6.07, 6.45) is 2.00. The maximum Gasteiger partial charge on any atom is 0.350 e. The molecule has 3 aromatic rings. The number of nitrogens with zero attached hydrogens (tertiary/aromatic N) is 5. The Morgan fingerprint density at radius 3 is 2.84 bits per heavy atom. The molecule has 0 radical (unpaired) electrons. The van der Waals surface area contributed by atoms with Gasteiger partial charge in [-0.3, -0.25) is 4.57 Å². The lowest BCUT2D eigenvalue weighted by atomic mass is 9.88. The number of rotatable bonds is 4. The summed E-state index contributed by atoms with van der Waals surface area (Å²) in [5, 5.41) is 22.1. The van der Waals surface area contributed by atoms with Crippen molar-refractivity contribution >= 4 is 0 Å². The Morgan fingerprint density at radius 2 is 2.12 bits per heavy atom. The Bertz CT molecular complexity index is 1220. The van der Waals surface area contributed by atoms with Gasteiger partial charge in [-0.15, -0.1) is 10.2 Å². The number of fused-ring (bicyclic) bond motifs is 2. The second-order valence-corrected chi connectivity index (χ2v) is 8.65. The third kappa shape index (κ3) is 3.60. The molecular weight excluding hydrogens is 415 g/mol. The fourth-order valence-corrected chi connectivity index (χ4v) is 4.49. The van der Waals surface area contributed by atoms with Gasteiger partial charge in [-0.25, -0.2) is 14.2 Å². The highest BCUT2D eigenvalue weighted by Gasteiger charge is 2.51. The van der Waals surface area contributed by atoms with Crippen LogP contribution in [0.3, 0.4) is 0 Å². The number of aryl methyl sites for hydroxylation is 1. The number of hydrogen-bond donors (Lipinski definition) is 2. The molecular formula is C22H23FN6O3. The first-order valence-electron chi connectivity index (χ1n) is 10.5. The van der Waals surface area contributed by atoms with Crippen molar-refractivity contribution in [2.75, 3.05) is 0 Å². The van der Waals surface area contributed by atoms with Gasteiger partial charge in [0, 0.05) is 36.7 Å². The number of aromatic hydroxyl groups is 1. The lowest BCUT2D eigenvalue weighted by molar-refractivity contribution is 0.00813. The van der Waals surface area contributed by atoms with E-state index in [0.717, 1.165) is 12.8 Å². The fraction of sp³-hybridized carbons (Fsp3) is 0.409. The van der Waals surface area contributed by atoms with E-state index in [1.165, 1.54) is 17.0 Å². The van der Waals surface area contributed by atoms with Gasteiger partial charge in [-0.2, -0.15) is 4.98 Å². The van der Waals surface area contributed by atoms with Gasteiger partial charge >= 0.3 is 5.69 Å². The van der Waals surface area contributed by atoms with Crippen LogP contribution in [-0.2, 0) is 7.05 Å². The fourth-order valence-electron chi connectivity index (χ4n) is 4.49. The summed E-state index contributed by atoms with van der Waals surface area (Å²) in [4.78, 5) is 19.7. The molecule has 32 heavy (non-hydrogen) atoms. The van der Waals surface area contributed by atoms with Crippen LogP contribution in [0.2, 0.25) is 0 Å². The number of benzene rings is 1. The SMILES string of the molecule is Cn1cnc(-c2ccc(-c3ccc(O[C@@H]4C[C@H]5CC[C@](C)(N5)[C@@H]4F)nn3)c(O)c2)nc1=O. The minimum Gasteiger partial charge on any atom is -0.507 e. The summed E-state index contributed by atoms with van der Waals surface area (Å²) in [7, 11) is 1.56. The van der Waals surface area contributed by atoms with Crippen LogP contribution < -0.4 is 15.7 Å². The molecule has 5 rings (SSSR count). The van der Waals surface area contributed by atoms with E-state index < -0.39 is 23.5 Å². The molecule has 4 atom stereocenters. The third-order valence-electron chi connectivity index (χ3n) is 6.30. The number of phenolic OH excluding ortho intramolecular Hbond substituents is 1. The molecule has 4 heterocycles. The zero-order valence-corrected chi connectivity index (χ0v) is 17.7. The summed E-state index contributed by atoms with van der Waals surface area (Å²) >= 11 is 0. The summed E-state index contributed by atoms with van der Waals surface area (Å²) in [5.41, 5.74) is 0.389. The van der Waals surface area contributed by atoms with Crippen molar-refractivity contribution in [3.63, 3.8) is 0 Å². The van der Waals surface area contributed by atoms with Crippen LogP contribution in [0.1, 0.15) is 26.2 Å². The van der Waals surface area contributed by atoms with Crippen molar-refractivity contribution in [3.8, 4) is 34.3 Å². The number of aromatic nitrogens is 5. The molecule has 2 saturated heterocycles. The van der Waals surface area contributed by atoms with Crippen LogP contribution in [0.15, 0.2) is 41.5 Å². The summed E-state index contributed by atoms with van der Waals surface area (Å²) < 4.78 is 22.0. The first-order valence-corrected chi connectivity index (χ1v) is 10.5. The Hall–Kier alpha value is -3.40. The van der Waals surface area contributed by atoms with Crippen molar-refractivity contribution in [1.82, 2.24) is 30.0 Å². The zero-order chi connectivity index (χ0) is 22.5. The van der Waals surface area contributed by atoms with E-state index in [0.29, 0.717) is 23.2 Å². The quantitative estimate of drug-likeness (QED) is 0.636. The van der Waals surface area contributed by atoms with Gasteiger partial charge in [0.05, 0.1) is 11.2 Å². The topological polar surface area (TPSA) is 115 Å². The first kappa shape index (κ1) is 20.5. The average Bonchev–Trinajstić information content (AvgIpc) is 3.12. The number of ether oxygens (including phenoxy) is 1. The molecule has 2 N–H and O–H groups in total. The molecule has 2 bridgehead atoms. The second-order valence-electron chi connectivity index (χ2n) is 8.65. The monoisotopic (exact) mass is 438 g/mol. The minimum atomic E-state index is -1.13. The van der Waals surface area contributed by atoms with E-state index in [1.807, 2.05) is 6.92 Å². The van der Waals surface area contributed by atoms with E-state index in [1.54, 1.807) is 31.3 Å². The number of hydrogen-bond acceptors (Lipinski definition) is 8. The molecule has 0 spiro atoms. The molecule has 0 unspecified atom stereocenters. The molecule has 2 aliphatic heterocycles. The standard InChI is InChI=1S/C22H23FN6O3/c1-22-8-7-13(26-22)10-17(19(22)23)32-18-6-5-15(27-28-18)14-4-3-12(9-16(14)30)20-24-11-29(2)21(31)25-20/h3-6,9,11,13,17,19,26,30H,7-8,10H2,1-2H3/t13-,17-,19-,22+/m1/s1. The third-order valence-corrected chi connectivity index (χ3v) is 6.30. The van der Waals surface area contributed by atoms with E-state index in [2.05, 4.69) is 25.5 Å². The summed E-state index contributed by atoms with van der Waals surface area (Å²) in [6.45, 7) is 1.90. The van der Waals surface area contributed by atoms with Gasteiger partial charge < -0.3 is 15.2 Å². The number of piperidine rings is 1. The predicted octanol–water partition coefficient (Wildman–Crippen LogP) is 2.00. The lowest BCUT2D eigenvalue weighted by Gasteiger charge is -2.39.